The predicted molar refractivity (Wildman–Crippen MR) is 74.3 cm³/mol. The van der Waals surface area contributed by atoms with Gasteiger partial charge in [0.1, 0.15) is 5.02 Å². The maximum atomic E-state index is 11.9. The van der Waals surface area contributed by atoms with Gasteiger partial charge >= 0.3 is 6.03 Å². The predicted octanol–water partition coefficient (Wildman–Crippen LogP) is -0.422. The van der Waals surface area contributed by atoms with Gasteiger partial charge in [-0.15, -0.1) is 0 Å². The molecule has 0 aliphatic rings. The lowest BCUT2D eigenvalue weighted by atomic mass is 10.5. The summed E-state index contributed by atoms with van der Waals surface area (Å²) in [7, 11) is -0.645. The van der Waals surface area contributed by atoms with Crippen LogP contribution in [-0.2, 0) is 10.0 Å². The van der Waals surface area contributed by atoms with E-state index in [4.69, 9.17) is 11.6 Å². The third kappa shape index (κ3) is 4.51. The molecule has 112 valence electrons. The topological polar surface area (TPSA) is 111 Å². The maximum Gasteiger partial charge on any atom is 0.316 e. The van der Waals surface area contributed by atoms with E-state index in [0.717, 1.165) is 12.3 Å². The highest BCUT2D eigenvalue weighted by molar-refractivity contribution is 7.89. The highest BCUT2D eigenvalue weighted by atomic mass is 35.5. The van der Waals surface area contributed by atoms with Crippen LogP contribution in [0.4, 0.5) is 4.79 Å². The molecule has 0 bridgehead atoms. The van der Waals surface area contributed by atoms with Crippen LogP contribution < -0.4 is 15.6 Å². The molecule has 20 heavy (non-hydrogen) atoms. The summed E-state index contributed by atoms with van der Waals surface area (Å²) in [4.78, 5) is 25.6. The zero-order valence-electron chi connectivity index (χ0n) is 10.9. The van der Waals surface area contributed by atoms with Gasteiger partial charge in [-0.25, -0.2) is 17.9 Å². The van der Waals surface area contributed by atoms with Gasteiger partial charge in [-0.2, -0.15) is 0 Å². The SMILES string of the molecule is CN(C)C(=O)NCCNS(=O)(=O)c1c[nH]c(=O)c(Cl)c1. The fourth-order valence-corrected chi connectivity index (χ4v) is 2.45. The minimum atomic E-state index is -3.79. The van der Waals surface area contributed by atoms with Crippen molar-refractivity contribution < 1.29 is 13.2 Å². The minimum absolute atomic E-state index is 0.0126. The lowest BCUT2D eigenvalue weighted by Crippen LogP contribution is -2.39. The van der Waals surface area contributed by atoms with Crippen LogP contribution in [0.1, 0.15) is 0 Å². The molecule has 0 saturated carbocycles. The summed E-state index contributed by atoms with van der Waals surface area (Å²) >= 11 is 5.56. The molecule has 0 fully saturated rings. The Hall–Kier alpha value is -1.58. The van der Waals surface area contributed by atoms with Crippen molar-refractivity contribution in [3.63, 3.8) is 0 Å². The van der Waals surface area contributed by atoms with Crippen LogP contribution in [0.2, 0.25) is 5.02 Å². The molecule has 1 rings (SSSR count). The molecule has 0 saturated heterocycles. The lowest BCUT2D eigenvalue weighted by Gasteiger charge is -2.12. The number of nitrogens with zero attached hydrogens (tertiary/aromatic N) is 1. The molecule has 0 atom stereocenters. The standard InChI is InChI=1S/C10H15ClN4O4S/c1-15(2)10(17)12-3-4-14-20(18,19)7-5-8(11)9(16)13-6-7/h5-6,14H,3-4H2,1-2H3,(H,12,17)(H,13,16). The van der Waals surface area contributed by atoms with Crippen molar-refractivity contribution in [2.24, 2.45) is 0 Å². The van der Waals surface area contributed by atoms with E-state index in [1.54, 1.807) is 14.1 Å². The van der Waals surface area contributed by atoms with Crippen molar-refractivity contribution in [1.29, 1.82) is 0 Å². The van der Waals surface area contributed by atoms with E-state index in [1.807, 2.05) is 0 Å². The minimum Gasteiger partial charge on any atom is -0.337 e. The fraction of sp³-hybridized carbons (Fsp3) is 0.400. The molecule has 0 aromatic carbocycles. The number of carbonyl (C=O) groups excluding carboxylic acids is 1. The van der Waals surface area contributed by atoms with Crippen molar-refractivity contribution in [2.75, 3.05) is 27.2 Å². The second kappa shape index (κ2) is 6.73. The van der Waals surface area contributed by atoms with Crippen LogP contribution in [0, 0.1) is 0 Å². The molecule has 1 aromatic heterocycles. The maximum absolute atomic E-state index is 11.9. The molecule has 3 N–H and O–H groups in total. The smallest absolute Gasteiger partial charge is 0.316 e. The number of carbonyl (C=O) groups is 1. The summed E-state index contributed by atoms with van der Waals surface area (Å²) in [6.45, 7) is 0.145. The second-order valence-electron chi connectivity index (χ2n) is 4.04. The Morgan fingerprint density at radius 2 is 2.05 bits per heavy atom. The first-order valence-electron chi connectivity index (χ1n) is 5.57. The summed E-state index contributed by atoms with van der Waals surface area (Å²) in [6.07, 6.45) is 1.05. The Morgan fingerprint density at radius 1 is 1.40 bits per heavy atom. The zero-order chi connectivity index (χ0) is 15.3. The number of H-pyrrole nitrogens is 1. The number of aromatic nitrogens is 1. The summed E-state index contributed by atoms with van der Waals surface area (Å²) < 4.78 is 26.0. The van der Waals surface area contributed by atoms with Gasteiger partial charge in [0, 0.05) is 33.4 Å². The summed E-state index contributed by atoms with van der Waals surface area (Å²) in [5.41, 5.74) is -0.566. The Morgan fingerprint density at radius 3 is 2.60 bits per heavy atom. The number of sulfonamides is 1. The van der Waals surface area contributed by atoms with E-state index in [0.29, 0.717) is 0 Å². The second-order valence-corrected chi connectivity index (χ2v) is 6.21. The number of pyridine rings is 1. The third-order valence-corrected chi connectivity index (χ3v) is 3.96. The number of halogens is 1. The molecule has 8 nitrogen and oxygen atoms in total. The van der Waals surface area contributed by atoms with Gasteiger partial charge in [0.25, 0.3) is 5.56 Å². The van der Waals surface area contributed by atoms with Crippen LogP contribution >= 0.6 is 11.6 Å². The van der Waals surface area contributed by atoms with Gasteiger partial charge in [0.2, 0.25) is 10.0 Å². The van der Waals surface area contributed by atoms with Crippen LogP contribution in [-0.4, -0.2) is 51.5 Å². The van der Waals surface area contributed by atoms with Gasteiger partial charge in [-0.3, -0.25) is 4.79 Å². The number of hydrogen-bond donors (Lipinski definition) is 3. The monoisotopic (exact) mass is 322 g/mol. The Labute approximate surface area is 121 Å². The summed E-state index contributed by atoms with van der Waals surface area (Å²) in [6, 6.07) is 0.734. The quantitative estimate of drug-likeness (QED) is 0.639. The summed E-state index contributed by atoms with van der Waals surface area (Å²) in [5.74, 6) is 0. The van der Waals surface area contributed by atoms with E-state index < -0.39 is 15.6 Å². The number of hydrogen-bond acceptors (Lipinski definition) is 4. The van der Waals surface area contributed by atoms with Gasteiger partial charge in [0.05, 0.1) is 4.90 Å². The first-order chi connectivity index (χ1) is 9.24. The molecular weight excluding hydrogens is 308 g/mol. The highest BCUT2D eigenvalue weighted by Crippen LogP contribution is 2.09. The third-order valence-electron chi connectivity index (χ3n) is 2.24. The first-order valence-corrected chi connectivity index (χ1v) is 7.43. The first kappa shape index (κ1) is 16.5. The average molecular weight is 323 g/mol. The van der Waals surface area contributed by atoms with E-state index in [-0.39, 0.29) is 29.0 Å². The van der Waals surface area contributed by atoms with Crippen molar-refractivity contribution in [3.8, 4) is 0 Å². The van der Waals surface area contributed by atoms with Gasteiger partial charge in [0.15, 0.2) is 0 Å². The normalized spacial score (nSPS) is 11.2. The average Bonchev–Trinajstić information content (AvgIpc) is 2.37. The summed E-state index contributed by atoms with van der Waals surface area (Å²) in [5, 5.41) is 2.29. The van der Waals surface area contributed by atoms with E-state index >= 15 is 0 Å². The number of amides is 2. The molecule has 1 heterocycles. The van der Waals surface area contributed by atoms with Crippen LogP contribution in [0.25, 0.3) is 0 Å². The van der Waals surface area contributed by atoms with Gasteiger partial charge in [-0.05, 0) is 6.07 Å². The van der Waals surface area contributed by atoms with E-state index in [2.05, 4.69) is 15.0 Å². The van der Waals surface area contributed by atoms with Crippen LogP contribution in [0.5, 0.6) is 0 Å². The van der Waals surface area contributed by atoms with Crippen molar-refractivity contribution in [2.45, 2.75) is 4.90 Å². The van der Waals surface area contributed by atoms with Crippen LogP contribution in [0.15, 0.2) is 22.0 Å². The molecule has 10 heteroatoms. The Bertz CT molecular complexity index is 641. The molecular formula is C10H15ClN4O4S. The van der Waals surface area contributed by atoms with Gasteiger partial charge in [-0.1, -0.05) is 11.6 Å². The van der Waals surface area contributed by atoms with E-state index in [1.165, 1.54) is 4.90 Å². The Balaban J connectivity index is 2.60. The van der Waals surface area contributed by atoms with Crippen molar-refractivity contribution >= 4 is 27.7 Å². The highest BCUT2D eigenvalue weighted by Gasteiger charge is 2.15. The molecule has 0 spiro atoms. The molecule has 2 amide bonds. The number of rotatable bonds is 5. The molecule has 0 aliphatic heterocycles. The van der Waals surface area contributed by atoms with Gasteiger partial charge < -0.3 is 15.2 Å². The van der Waals surface area contributed by atoms with E-state index in [9.17, 15) is 18.0 Å². The molecule has 0 aliphatic carbocycles. The number of nitrogens with one attached hydrogen (secondary N) is 3. The lowest BCUT2D eigenvalue weighted by molar-refractivity contribution is 0.217. The van der Waals surface area contributed by atoms with Crippen molar-refractivity contribution in [3.05, 3.63) is 27.6 Å². The Kier molecular flexibility index (Phi) is 5.54. The van der Waals surface area contributed by atoms with Crippen molar-refractivity contribution in [1.82, 2.24) is 19.9 Å². The molecule has 0 radical (unpaired) electrons. The molecule has 0 unspecified atom stereocenters. The number of aromatic amines is 1. The largest absolute Gasteiger partial charge is 0.337 e. The fourth-order valence-electron chi connectivity index (χ4n) is 1.19. The number of urea groups is 1. The molecule has 1 aromatic rings. The van der Waals surface area contributed by atoms with Crippen LogP contribution in [0.3, 0.4) is 0 Å². The zero-order valence-corrected chi connectivity index (χ0v) is 12.5.